The zero-order valence-electron chi connectivity index (χ0n) is 11.7. The second-order valence-corrected chi connectivity index (χ2v) is 6.07. The van der Waals surface area contributed by atoms with E-state index in [0.717, 1.165) is 41.0 Å². The summed E-state index contributed by atoms with van der Waals surface area (Å²) in [6.45, 7) is 2.61. The lowest BCUT2D eigenvalue weighted by Gasteiger charge is -2.23. The molecule has 1 atom stereocenters. The smallest absolute Gasteiger partial charge is 0.322 e. The summed E-state index contributed by atoms with van der Waals surface area (Å²) in [6.07, 6.45) is 1.88. The van der Waals surface area contributed by atoms with Gasteiger partial charge in [-0.1, -0.05) is 21.1 Å². The molecule has 1 saturated heterocycles. The van der Waals surface area contributed by atoms with Crippen LogP contribution in [-0.2, 0) is 0 Å². The maximum atomic E-state index is 12.4. The number of halogens is 1. The topological polar surface area (TPSA) is 58.4 Å². The molecule has 2 amide bonds. The number of nitrogens with zero attached hydrogens (tertiary/aromatic N) is 2. The molecule has 0 spiro atoms. The average Bonchev–Trinajstić information content (AvgIpc) is 3.09. The molecular weight excluding hydrogens is 334 g/mol. The Balaban J connectivity index is 1.72. The quantitative estimate of drug-likeness (QED) is 0.887. The van der Waals surface area contributed by atoms with Gasteiger partial charge in [0.25, 0.3) is 0 Å². The van der Waals surface area contributed by atoms with E-state index >= 15 is 0 Å². The van der Waals surface area contributed by atoms with E-state index in [1.165, 1.54) is 0 Å². The maximum absolute atomic E-state index is 12.4. The van der Waals surface area contributed by atoms with Crippen molar-refractivity contribution in [2.45, 2.75) is 25.8 Å². The molecule has 6 heteroatoms. The zero-order chi connectivity index (χ0) is 14.8. The van der Waals surface area contributed by atoms with Gasteiger partial charge in [0.2, 0.25) is 0 Å². The Kier molecular flexibility index (Phi) is 3.96. The van der Waals surface area contributed by atoms with Crippen LogP contribution in [-0.4, -0.2) is 22.6 Å². The molecule has 0 aliphatic carbocycles. The number of hydrogen-bond donors (Lipinski definition) is 1. The molecule has 0 saturated carbocycles. The monoisotopic (exact) mass is 349 g/mol. The molecule has 2 heterocycles. The predicted molar refractivity (Wildman–Crippen MR) is 83.1 cm³/mol. The van der Waals surface area contributed by atoms with Crippen molar-refractivity contribution < 1.29 is 9.32 Å². The third kappa shape index (κ3) is 3.10. The van der Waals surface area contributed by atoms with Crippen molar-refractivity contribution in [2.24, 2.45) is 0 Å². The SMILES string of the molecule is Cc1cc(C2CCCN2C(=O)Nc2ccc(Br)cc2)on1. The number of anilines is 1. The first-order valence-electron chi connectivity index (χ1n) is 6.90. The summed E-state index contributed by atoms with van der Waals surface area (Å²) in [7, 11) is 0. The lowest BCUT2D eigenvalue weighted by atomic mass is 10.1. The standard InChI is InChI=1S/C15H16BrN3O2/c1-10-9-14(21-18-10)13-3-2-8-19(13)15(20)17-12-6-4-11(16)5-7-12/h4-7,9,13H,2-3,8H2,1H3,(H,17,20). The highest BCUT2D eigenvalue weighted by molar-refractivity contribution is 9.10. The number of hydrogen-bond acceptors (Lipinski definition) is 3. The highest BCUT2D eigenvalue weighted by Gasteiger charge is 2.32. The molecular formula is C15H16BrN3O2. The van der Waals surface area contributed by atoms with Gasteiger partial charge in [-0.3, -0.25) is 0 Å². The molecule has 21 heavy (non-hydrogen) atoms. The molecule has 1 unspecified atom stereocenters. The van der Waals surface area contributed by atoms with Crippen LogP contribution in [0.15, 0.2) is 39.3 Å². The molecule has 1 N–H and O–H groups in total. The van der Waals surface area contributed by atoms with Gasteiger partial charge in [-0.05, 0) is 44.0 Å². The van der Waals surface area contributed by atoms with E-state index in [0.29, 0.717) is 0 Å². The summed E-state index contributed by atoms with van der Waals surface area (Å²) in [5.41, 5.74) is 1.62. The maximum Gasteiger partial charge on any atom is 0.322 e. The van der Waals surface area contributed by atoms with Crippen LogP contribution in [0.5, 0.6) is 0 Å². The normalized spacial score (nSPS) is 18.0. The van der Waals surface area contributed by atoms with Crippen LogP contribution < -0.4 is 5.32 Å². The minimum absolute atomic E-state index is 0.0263. The van der Waals surface area contributed by atoms with Crippen LogP contribution in [0, 0.1) is 6.92 Å². The summed E-state index contributed by atoms with van der Waals surface area (Å²) in [5, 5.41) is 6.83. The van der Waals surface area contributed by atoms with E-state index in [1.54, 1.807) is 0 Å². The molecule has 1 aliphatic rings. The molecule has 0 bridgehead atoms. The number of benzene rings is 1. The van der Waals surface area contributed by atoms with Gasteiger partial charge >= 0.3 is 6.03 Å². The van der Waals surface area contributed by atoms with Gasteiger partial charge in [0.05, 0.1) is 11.7 Å². The summed E-state index contributed by atoms with van der Waals surface area (Å²) in [5.74, 6) is 0.760. The van der Waals surface area contributed by atoms with Crippen molar-refractivity contribution in [1.82, 2.24) is 10.1 Å². The highest BCUT2D eigenvalue weighted by atomic mass is 79.9. The molecule has 0 radical (unpaired) electrons. The Morgan fingerprint density at radius 2 is 2.19 bits per heavy atom. The van der Waals surface area contributed by atoms with Crippen molar-refractivity contribution in [3.63, 3.8) is 0 Å². The van der Waals surface area contributed by atoms with Crippen molar-refractivity contribution in [3.8, 4) is 0 Å². The van der Waals surface area contributed by atoms with E-state index in [-0.39, 0.29) is 12.1 Å². The fourth-order valence-corrected chi connectivity index (χ4v) is 2.84. The highest BCUT2D eigenvalue weighted by Crippen LogP contribution is 2.32. The number of rotatable bonds is 2. The summed E-state index contributed by atoms with van der Waals surface area (Å²) >= 11 is 3.38. The lowest BCUT2D eigenvalue weighted by molar-refractivity contribution is 0.195. The van der Waals surface area contributed by atoms with Crippen molar-refractivity contribution in [3.05, 3.63) is 46.3 Å². The van der Waals surface area contributed by atoms with Crippen molar-refractivity contribution in [1.29, 1.82) is 0 Å². The number of aryl methyl sites for hydroxylation is 1. The van der Waals surface area contributed by atoms with Gasteiger partial charge in [-0.25, -0.2) is 4.79 Å². The molecule has 1 aromatic carbocycles. The Bertz CT molecular complexity index is 639. The van der Waals surface area contributed by atoms with Gasteiger partial charge in [-0.15, -0.1) is 0 Å². The summed E-state index contributed by atoms with van der Waals surface area (Å²) in [4.78, 5) is 14.2. The van der Waals surface area contributed by atoms with Crippen LogP contribution in [0.4, 0.5) is 10.5 Å². The average molecular weight is 350 g/mol. The van der Waals surface area contributed by atoms with E-state index in [1.807, 2.05) is 42.2 Å². The number of nitrogens with one attached hydrogen (secondary N) is 1. The van der Waals surface area contributed by atoms with Gasteiger partial charge in [0, 0.05) is 22.8 Å². The van der Waals surface area contributed by atoms with E-state index in [4.69, 9.17) is 4.52 Å². The minimum atomic E-state index is -0.103. The second-order valence-electron chi connectivity index (χ2n) is 5.16. The number of carbonyl (C=O) groups is 1. The molecule has 110 valence electrons. The molecule has 2 aromatic rings. The number of amides is 2. The predicted octanol–water partition coefficient (Wildman–Crippen LogP) is 4.11. The fraction of sp³-hybridized carbons (Fsp3) is 0.333. The number of likely N-dealkylation sites (tertiary alicyclic amines) is 1. The second kappa shape index (κ2) is 5.89. The first-order valence-corrected chi connectivity index (χ1v) is 7.69. The Hall–Kier alpha value is -1.82. The first-order chi connectivity index (χ1) is 10.1. The minimum Gasteiger partial charge on any atom is -0.359 e. The number of urea groups is 1. The molecule has 3 rings (SSSR count). The Morgan fingerprint density at radius 1 is 1.43 bits per heavy atom. The summed E-state index contributed by atoms with van der Waals surface area (Å²) in [6, 6.07) is 9.30. The van der Waals surface area contributed by atoms with Crippen LogP contribution in [0.25, 0.3) is 0 Å². The van der Waals surface area contributed by atoms with Gasteiger partial charge < -0.3 is 14.7 Å². The van der Waals surface area contributed by atoms with Crippen LogP contribution in [0.3, 0.4) is 0 Å². The zero-order valence-corrected chi connectivity index (χ0v) is 13.3. The molecule has 1 aliphatic heterocycles. The van der Waals surface area contributed by atoms with Crippen LogP contribution in [0.1, 0.15) is 30.3 Å². The first kappa shape index (κ1) is 14.1. The third-order valence-electron chi connectivity index (χ3n) is 3.58. The van der Waals surface area contributed by atoms with Gasteiger partial charge in [0.15, 0.2) is 5.76 Å². The van der Waals surface area contributed by atoms with Crippen LogP contribution in [0.2, 0.25) is 0 Å². The van der Waals surface area contributed by atoms with Crippen LogP contribution >= 0.6 is 15.9 Å². The van der Waals surface area contributed by atoms with E-state index in [2.05, 4.69) is 26.4 Å². The number of carbonyl (C=O) groups excluding carboxylic acids is 1. The Morgan fingerprint density at radius 3 is 2.86 bits per heavy atom. The fourth-order valence-electron chi connectivity index (χ4n) is 2.57. The lowest BCUT2D eigenvalue weighted by Crippen LogP contribution is -2.34. The van der Waals surface area contributed by atoms with Crippen molar-refractivity contribution in [2.75, 3.05) is 11.9 Å². The molecule has 1 fully saturated rings. The third-order valence-corrected chi connectivity index (χ3v) is 4.11. The van der Waals surface area contributed by atoms with Gasteiger partial charge in [-0.2, -0.15) is 0 Å². The van der Waals surface area contributed by atoms with E-state index in [9.17, 15) is 4.79 Å². The molecule has 1 aromatic heterocycles. The van der Waals surface area contributed by atoms with Crippen molar-refractivity contribution >= 4 is 27.6 Å². The van der Waals surface area contributed by atoms with Gasteiger partial charge in [0.1, 0.15) is 0 Å². The summed E-state index contributed by atoms with van der Waals surface area (Å²) < 4.78 is 6.30. The molecule has 5 nitrogen and oxygen atoms in total. The Labute approximate surface area is 131 Å². The number of aromatic nitrogens is 1. The van der Waals surface area contributed by atoms with E-state index < -0.39 is 0 Å². The largest absolute Gasteiger partial charge is 0.359 e.